The Balaban J connectivity index is 1.55. The minimum absolute atomic E-state index is 0.408. The molecule has 1 atom stereocenters. The monoisotopic (exact) mass is 363 g/mol. The largest absolute Gasteiger partial charge is 0.496 e. The zero-order chi connectivity index (χ0) is 18.8. The fourth-order valence-corrected chi connectivity index (χ4v) is 3.08. The number of hydrazone groups is 1. The number of anilines is 2. The number of hydrogen-bond donors (Lipinski definition) is 2. The first-order valence-corrected chi connectivity index (χ1v) is 8.65. The quantitative estimate of drug-likeness (QED) is 0.723. The number of pyridine rings is 1. The number of para-hydroxylation sites is 1. The molecule has 2 heterocycles. The van der Waals surface area contributed by atoms with Crippen LogP contribution in [0, 0.1) is 0 Å². The molecule has 4 rings (SSSR count). The number of nitrogens with two attached hydrogens (primary N) is 1. The van der Waals surface area contributed by atoms with E-state index in [4.69, 9.17) is 15.2 Å². The van der Waals surface area contributed by atoms with Gasteiger partial charge in [0, 0.05) is 23.6 Å². The van der Waals surface area contributed by atoms with Crippen LogP contribution in [0.3, 0.4) is 0 Å². The smallest absolute Gasteiger partial charge is 0.267 e. The molecule has 1 aromatic heterocycles. The Labute approximate surface area is 157 Å². The molecule has 7 heteroatoms. The molecule has 0 saturated heterocycles. The topological polar surface area (TPSA) is 85.0 Å². The molecule has 2 aromatic carbocycles. The van der Waals surface area contributed by atoms with Crippen LogP contribution in [0.4, 0.5) is 11.5 Å². The lowest BCUT2D eigenvalue weighted by molar-refractivity contribution is 0.0741. The van der Waals surface area contributed by atoms with Gasteiger partial charge in [0.2, 0.25) is 5.90 Å². The molecule has 1 aliphatic rings. The number of hydrogen-bond acceptors (Lipinski definition) is 7. The molecule has 1 aliphatic heterocycles. The summed E-state index contributed by atoms with van der Waals surface area (Å²) >= 11 is 0. The van der Waals surface area contributed by atoms with Gasteiger partial charge in [0.1, 0.15) is 11.6 Å². The highest BCUT2D eigenvalue weighted by atomic mass is 16.5. The minimum Gasteiger partial charge on any atom is -0.496 e. The molecule has 0 radical (unpaired) electrons. The highest BCUT2D eigenvalue weighted by Crippen LogP contribution is 2.25. The number of benzene rings is 2. The lowest BCUT2D eigenvalue weighted by Gasteiger charge is -2.24. The molecule has 0 amide bonds. The molecule has 7 nitrogen and oxygen atoms in total. The van der Waals surface area contributed by atoms with Crippen molar-refractivity contribution in [1.82, 2.24) is 9.99 Å². The predicted molar refractivity (Wildman–Crippen MR) is 106 cm³/mol. The van der Waals surface area contributed by atoms with Gasteiger partial charge in [0.15, 0.2) is 0 Å². The van der Waals surface area contributed by atoms with Crippen LogP contribution in [-0.4, -0.2) is 29.4 Å². The van der Waals surface area contributed by atoms with Crippen LogP contribution in [0.2, 0.25) is 0 Å². The Morgan fingerprint density at radius 2 is 2.04 bits per heavy atom. The van der Waals surface area contributed by atoms with Crippen LogP contribution < -0.4 is 15.8 Å². The normalized spacial score (nSPS) is 16.1. The summed E-state index contributed by atoms with van der Waals surface area (Å²) in [5, 5.41) is 10.7. The predicted octanol–water partition coefficient (Wildman–Crippen LogP) is 3.39. The van der Waals surface area contributed by atoms with E-state index < -0.39 is 6.35 Å². The number of fused-ring (bicyclic) bond motifs is 1. The van der Waals surface area contributed by atoms with Gasteiger partial charge in [-0.1, -0.05) is 18.2 Å². The van der Waals surface area contributed by atoms with Crippen LogP contribution in [0.1, 0.15) is 12.5 Å². The summed E-state index contributed by atoms with van der Waals surface area (Å²) in [5.41, 5.74) is 8.54. The number of nitrogen functional groups attached to an aromatic ring is 1. The van der Waals surface area contributed by atoms with Crippen LogP contribution in [-0.2, 0) is 11.3 Å². The average Bonchev–Trinajstić information content (AvgIpc) is 3.01. The van der Waals surface area contributed by atoms with E-state index in [-0.39, 0.29) is 0 Å². The number of aromatic nitrogens is 1. The Bertz CT molecular complexity index is 1000. The summed E-state index contributed by atoms with van der Waals surface area (Å²) in [6.07, 6.45) is -0.408. The molecule has 138 valence electrons. The Kier molecular flexibility index (Phi) is 4.42. The first kappa shape index (κ1) is 17.0. The van der Waals surface area contributed by atoms with E-state index in [1.54, 1.807) is 13.2 Å². The summed E-state index contributed by atoms with van der Waals surface area (Å²) in [4.78, 5) is 4.32. The van der Waals surface area contributed by atoms with Gasteiger partial charge in [-0.2, -0.15) is 0 Å². The molecule has 3 N–H and O–H groups in total. The highest BCUT2D eigenvalue weighted by Gasteiger charge is 2.26. The fraction of sp³-hybridized carbons (Fsp3) is 0.200. The first-order valence-electron chi connectivity index (χ1n) is 8.65. The van der Waals surface area contributed by atoms with Gasteiger partial charge in [-0.3, -0.25) is 0 Å². The van der Waals surface area contributed by atoms with Crippen LogP contribution in [0.15, 0.2) is 59.7 Å². The maximum atomic E-state index is 5.84. The molecule has 0 bridgehead atoms. The van der Waals surface area contributed by atoms with E-state index in [1.165, 1.54) is 0 Å². The lowest BCUT2D eigenvalue weighted by Crippen LogP contribution is -2.35. The number of nitrogens with zero attached hydrogens (tertiary/aromatic N) is 3. The zero-order valence-corrected chi connectivity index (χ0v) is 15.2. The third kappa shape index (κ3) is 3.57. The molecule has 27 heavy (non-hydrogen) atoms. The van der Waals surface area contributed by atoms with Gasteiger partial charge < -0.3 is 20.5 Å². The SMILES string of the molecule is COc1ccccc1CN1N=C(C)OC1Nc1ccc2nc(N)ccc2c1. The summed E-state index contributed by atoms with van der Waals surface area (Å²) in [5.74, 6) is 1.94. The summed E-state index contributed by atoms with van der Waals surface area (Å²) in [6.45, 7) is 2.40. The van der Waals surface area contributed by atoms with Crippen molar-refractivity contribution < 1.29 is 9.47 Å². The van der Waals surface area contributed by atoms with Crippen molar-refractivity contribution in [3.05, 3.63) is 60.2 Å². The molecule has 0 spiro atoms. The van der Waals surface area contributed by atoms with Gasteiger partial charge >= 0.3 is 0 Å². The number of methoxy groups -OCH3 is 1. The minimum atomic E-state index is -0.408. The molecule has 0 saturated carbocycles. The standard InChI is InChI=1S/C20H21N5O2/c1-13-24-25(12-15-5-3-4-6-18(15)26-2)20(27-13)22-16-8-9-17-14(11-16)7-10-19(21)23-17/h3-11,20,22H,12H2,1-2H3,(H2,21,23). The van der Waals surface area contributed by atoms with Gasteiger partial charge in [-0.05, 0) is 36.4 Å². The second kappa shape index (κ2) is 7.03. The van der Waals surface area contributed by atoms with Crippen molar-refractivity contribution in [1.29, 1.82) is 0 Å². The lowest BCUT2D eigenvalue weighted by atomic mass is 10.2. The number of nitrogens with one attached hydrogen (secondary N) is 1. The molecular formula is C20H21N5O2. The second-order valence-corrected chi connectivity index (χ2v) is 6.29. The maximum absolute atomic E-state index is 5.84. The van der Waals surface area contributed by atoms with Crippen molar-refractivity contribution in [3.63, 3.8) is 0 Å². The second-order valence-electron chi connectivity index (χ2n) is 6.29. The molecule has 1 unspecified atom stereocenters. The van der Waals surface area contributed by atoms with Gasteiger partial charge in [0.25, 0.3) is 6.35 Å². The van der Waals surface area contributed by atoms with E-state index in [0.717, 1.165) is 27.9 Å². The molecule has 0 fully saturated rings. The van der Waals surface area contributed by atoms with Crippen molar-refractivity contribution >= 4 is 28.3 Å². The van der Waals surface area contributed by atoms with E-state index in [1.807, 2.05) is 60.5 Å². The van der Waals surface area contributed by atoms with E-state index in [2.05, 4.69) is 15.4 Å². The number of rotatable bonds is 5. The summed E-state index contributed by atoms with van der Waals surface area (Å²) in [6, 6.07) is 17.5. The van der Waals surface area contributed by atoms with Crippen molar-refractivity contribution in [2.75, 3.05) is 18.2 Å². The maximum Gasteiger partial charge on any atom is 0.267 e. The third-order valence-electron chi connectivity index (χ3n) is 4.35. The molecular weight excluding hydrogens is 342 g/mol. The average molecular weight is 363 g/mol. The Morgan fingerprint density at radius 3 is 2.89 bits per heavy atom. The summed E-state index contributed by atoms with van der Waals surface area (Å²) in [7, 11) is 1.67. The molecule has 3 aromatic rings. The Hall–Kier alpha value is -3.48. The van der Waals surface area contributed by atoms with Crippen LogP contribution >= 0.6 is 0 Å². The van der Waals surface area contributed by atoms with Crippen LogP contribution in [0.5, 0.6) is 5.75 Å². The van der Waals surface area contributed by atoms with Crippen LogP contribution in [0.25, 0.3) is 10.9 Å². The van der Waals surface area contributed by atoms with Gasteiger partial charge in [-0.15, -0.1) is 5.10 Å². The van der Waals surface area contributed by atoms with Crippen molar-refractivity contribution in [2.45, 2.75) is 19.8 Å². The van der Waals surface area contributed by atoms with E-state index in [0.29, 0.717) is 18.3 Å². The fourth-order valence-electron chi connectivity index (χ4n) is 3.08. The van der Waals surface area contributed by atoms with E-state index >= 15 is 0 Å². The van der Waals surface area contributed by atoms with E-state index in [9.17, 15) is 0 Å². The Morgan fingerprint density at radius 1 is 1.19 bits per heavy atom. The van der Waals surface area contributed by atoms with Crippen molar-refractivity contribution in [2.24, 2.45) is 5.10 Å². The highest BCUT2D eigenvalue weighted by molar-refractivity contribution is 5.83. The van der Waals surface area contributed by atoms with Gasteiger partial charge in [-0.25, -0.2) is 9.99 Å². The van der Waals surface area contributed by atoms with Crippen molar-refractivity contribution in [3.8, 4) is 5.75 Å². The van der Waals surface area contributed by atoms with Gasteiger partial charge in [0.05, 0.1) is 19.2 Å². The molecule has 0 aliphatic carbocycles. The summed E-state index contributed by atoms with van der Waals surface area (Å²) < 4.78 is 11.3. The number of ether oxygens (including phenoxy) is 2. The first-order chi connectivity index (χ1) is 13.1. The third-order valence-corrected chi connectivity index (χ3v) is 4.35. The zero-order valence-electron chi connectivity index (χ0n) is 15.2.